The van der Waals surface area contributed by atoms with Gasteiger partial charge in [-0.1, -0.05) is 15.9 Å². The van der Waals surface area contributed by atoms with Gasteiger partial charge in [0.25, 0.3) is 0 Å². The van der Waals surface area contributed by atoms with E-state index < -0.39 is 332 Å². The van der Waals surface area contributed by atoms with Crippen LogP contribution in [-0.2, 0) is 18.5 Å². The van der Waals surface area contributed by atoms with Gasteiger partial charge in [-0.15, -0.1) is 0 Å². The average molecular weight is 2290 g/mol. The number of halogens is 69. The minimum absolute atomic E-state index is 0.0449. The summed E-state index contributed by atoms with van der Waals surface area (Å²) >= 11 is 2.77. The average Bonchev–Trinajstić information content (AvgIpc) is 0.705. The van der Waals surface area contributed by atoms with Gasteiger partial charge in [0.05, 0.1) is 26.4 Å². The topological polar surface area (TPSA) is 55.4 Å². The van der Waals surface area contributed by atoms with Crippen LogP contribution < -0.4 is 28.4 Å². The summed E-state index contributed by atoms with van der Waals surface area (Å²) in [5.74, 6) is -249. The summed E-state index contributed by atoms with van der Waals surface area (Å²) in [6.07, 6.45) is -55.2. The fraction of sp³-hybridized carbons (Fsp3) is 0.723. The van der Waals surface area contributed by atoms with Crippen LogP contribution in [0.15, 0.2) is 54.6 Å². The lowest BCUT2D eigenvalue weighted by Gasteiger charge is -2.42. The lowest BCUT2D eigenvalue weighted by Crippen LogP contribution is -2.74. The molecule has 0 radical (unpaired) electrons. The van der Waals surface area contributed by atoms with Crippen LogP contribution in [0.25, 0.3) is 0 Å². The van der Waals surface area contributed by atoms with Crippen LogP contribution >= 0.6 is 15.9 Å². The van der Waals surface area contributed by atoms with E-state index in [2.05, 4.69) is 15.9 Å². The Hall–Kier alpha value is -7.82. The third-order valence-corrected chi connectivity index (χ3v) is 19.2. The van der Waals surface area contributed by atoms with Crippen molar-refractivity contribution in [1.82, 2.24) is 0 Å². The zero-order chi connectivity index (χ0) is 111. The summed E-state index contributed by atoms with van der Waals surface area (Å²) in [6.45, 7) is -11.0. The van der Waals surface area contributed by atoms with Crippen LogP contribution in [-0.4, -0.2) is 217 Å². The summed E-state index contributed by atoms with van der Waals surface area (Å²) < 4.78 is 975. The van der Waals surface area contributed by atoms with Crippen LogP contribution in [0.4, 0.5) is 299 Å². The minimum atomic E-state index is -9.17. The number of ether oxygens (including phenoxy) is 6. The van der Waals surface area contributed by atoms with Gasteiger partial charge in [-0.05, 0) is 78.8 Å². The van der Waals surface area contributed by atoms with Gasteiger partial charge >= 0.3 is 191 Å². The summed E-state index contributed by atoms with van der Waals surface area (Å²) in [7, 11) is 0. The van der Waals surface area contributed by atoms with E-state index in [1.165, 1.54) is 0 Å². The molecule has 0 aromatic heterocycles. The van der Waals surface area contributed by atoms with E-state index in [1.54, 1.807) is 0 Å². The summed E-state index contributed by atoms with van der Waals surface area (Å²) in [5.41, 5.74) is -2.19. The van der Waals surface area contributed by atoms with Crippen molar-refractivity contribution < 1.29 is 327 Å². The van der Waals surface area contributed by atoms with Gasteiger partial charge in [0, 0.05) is 49.2 Å². The highest BCUT2D eigenvalue weighted by Crippen LogP contribution is 2.71. The standard InChI is InChI=1S/C65H39BrF68O6/c66-22-25-13-32(139-23-26-15-28(135-9-1-5-34(67,68)38(75,76)42(83,84)46(91,92)50(99,100)54(107,108)58(115,116)62(123,124)125)19-29(16-26)136-10-2-6-35(69,70)39(77,78)43(85,86)47(93,94)51(101,102)55(109,110)59(117,118)63(126,127)128)21-33(14-25)140-24-27-17-30(137-11-3-7-36(71,72)40(79,80)44(87,88)48(95,96)52(103,104)56(111,112)60(119,120)64(129,130)131)20-31(18-27)138-12-4-8-37(73,74)41(81,82)45(89,90)49(97,98)53(105,106)57(113,114)61(121,122)65(132,133)134/h13-21H,1-12,22-24H2. The molecular formula is C65H39BrF68O6. The smallest absolute Gasteiger partial charge is 0.460 e. The number of hydrogen-bond acceptors (Lipinski definition) is 6. The molecule has 0 spiro atoms. The Balaban J connectivity index is 2.24. The monoisotopic (exact) mass is 2290 g/mol. The first kappa shape index (κ1) is 126. The van der Waals surface area contributed by atoms with E-state index in [1.807, 2.05) is 0 Å². The second kappa shape index (κ2) is 38.2. The molecule has 3 aromatic carbocycles. The highest BCUT2D eigenvalue weighted by atomic mass is 79.9. The molecule has 0 amide bonds. The molecule has 6 nitrogen and oxygen atoms in total. The first-order chi connectivity index (χ1) is 61.1. The Bertz CT molecular complexity index is 4130. The molecule has 0 heterocycles. The third-order valence-electron chi connectivity index (χ3n) is 18.5. The molecular weight excluding hydrogens is 2250 g/mol. The van der Waals surface area contributed by atoms with Gasteiger partial charge in [-0.3, -0.25) is 0 Å². The van der Waals surface area contributed by atoms with Crippen molar-refractivity contribution in [2.24, 2.45) is 0 Å². The van der Waals surface area contributed by atoms with Crippen molar-refractivity contribution in [3.05, 3.63) is 71.3 Å². The largest absolute Gasteiger partial charge is 0.493 e. The van der Waals surface area contributed by atoms with Crippen molar-refractivity contribution in [2.75, 3.05) is 26.4 Å². The molecule has 0 saturated carbocycles. The van der Waals surface area contributed by atoms with E-state index in [0.29, 0.717) is 6.07 Å². The molecule has 0 aliphatic rings. The first-order valence-electron chi connectivity index (χ1n) is 34.7. The van der Waals surface area contributed by atoms with E-state index in [9.17, 15) is 299 Å². The van der Waals surface area contributed by atoms with Gasteiger partial charge in [0.15, 0.2) is 0 Å². The number of benzene rings is 3. The third kappa shape index (κ3) is 20.7. The van der Waals surface area contributed by atoms with Crippen LogP contribution in [0.1, 0.15) is 68.1 Å². The Kier molecular flexibility index (Phi) is 34.5. The Morgan fingerprint density at radius 1 is 0.150 bits per heavy atom. The number of alkyl halides is 69. The molecule has 818 valence electrons. The van der Waals surface area contributed by atoms with Crippen molar-refractivity contribution in [3.8, 4) is 34.5 Å². The van der Waals surface area contributed by atoms with E-state index in [0.717, 1.165) is 12.1 Å². The number of rotatable bonds is 51. The van der Waals surface area contributed by atoms with Crippen molar-refractivity contribution in [3.63, 3.8) is 0 Å². The SMILES string of the molecule is FC(F)(F)C(F)(F)C(F)(F)C(F)(F)C(F)(F)C(F)(F)C(F)(F)C(F)(F)CCCOc1cc(COc2cc(CBr)cc(OCc3cc(OCCCC(F)(F)C(F)(F)C(F)(F)C(F)(F)C(F)(F)C(F)(F)C(F)(F)C(F)(F)F)cc(OCCCC(F)(F)C(F)(F)C(F)(F)C(F)(F)C(F)(F)C(F)(F)C(F)(F)C(F)(F)F)c3)c2)cc(OCCCC(F)(F)C(F)(F)C(F)(F)C(F)(F)C(F)(F)C(F)(F)C(F)(F)C(F)(F)F)c1. The molecule has 0 atom stereocenters. The van der Waals surface area contributed by atoms with Gasteiger partial charge in [0.1, 0.15) is 47.7 Å². The molecule has 3 rings (SSSR count). The van der Waals surface area contributed by atoms with Gasteiger partial charge in [-0.2, -0.15) is 299 Å². The predicted octanol–water partition coefficient (Wildman–Crippen LogP) is 30.4. The molecule has 0 saturated heterocycles. The highest BCUT2D eigenvalue weighted by molar-refractivity contribution is 9.08. The van der Waals surface area contributed by atoms with Crippen molar-refractivity contribution in [2.45, 2.75) is 260 Å². The summed E-state index contributed by atoms with van der Waals surface area (Å²) in [5, 5.41) is -0.603. The van der Waals surface area contributed by atoms with Crippen LogP contribution in [0.5, 0.6) is 34.5 Å². The van der Waals surface area contributed by atoms with Crippen molar-refractivity contribution in [1.29, 1.82) is 0 Å². The zero-order valence-electron chi connectivity index (χ0n) is 64.8. The maximum Gasteiger partial charge on any atom is 0.460 e. The molecule has 0 N–H and O–H groups in total. The van der Waals surface area contributed by atoms with Crippen LogP contribution in [0, 0.1) is 0 Å². The molecule has 0 aliphatic heterocycles. The Morgan fingerprint density at radius 2 is 0.271 bits per heavy atom. The van der Waals surface area contributed by atoms with Gasteiger partial charge in [-0.25, -0.2) is 0 Å². The quantitative estimate of drug-likeness (QED) is 0.0319. The van der Waals surface area contributed by atoms with Gasteiger partial charge < -0.3 is 28.4 Å². The summed E-state index contributed by atoms with van der Waals surface area (Å²) in [4.78, 5) is 0. The van der Waals surface area contributed by atoms with E-state index >= 15 is 0 Å². The normalized spacial score (nSPS) is 15.8. The zero-order valence-corrected chi connectivity index (χ0v) is 66.4. The Morgan fingerprint density at radius 3 is 0.407 bits per heavy atom. The predicted molar refractivity (Wildman–Crippen MR) is 322 cm³/mol. The molecule has 140 heavy (non-hydrogen) atoms. The lowest BCUT2D eigenvalue weighted by atomic mass is 9.88. The highest BCUT2D eigenvalue weighted by Gasteiger charge is 3.00. The van der Waals surface area contributed by atoms with Crippen molar-refractivity contribution >= 4 is 15.9 Å². The minimum Gasteiger partial charge on any atom is -0.493 e. The summed E-state index contributed by atoms with van der Waals surface area (Å²) in [6, 6.07) is 3.13. The van der Waals surface area contributed by atoms with Crippen LogP contribution in [0.3, 0.4) is 0 Å². The molecule has 75 heteroatoms. The molecule has 0 aliphatic carbocycles. The fourth-order valence-corrected chi connectivity index (χ4v) is 10.6. The Labute approximate surface area is 735 Å². The lowest BCUT2D eigenvalue weighted by molar-refractivity contribution is -0.461. The molecule has 0 fully saturated rings. The van der Waals surface area contributed by atoms with E-state index in [4.69, 9.17) is 28.4 Å². The van der Waals surface area contributed by atoms with E-state index in [-0.39, 0.29) is 42.0 Å². The van der Waals surface area contributed by atoms with Gasteiger partial charge in [0.2, 0.25) is 0 Å². The molecule has 3 aromatic rings. The second-order valence-electron chi connectivity index (χ2n) is 28.6. The fourth-order valence-electron chi connectivity index (χ4n) is 10.3. The molecule has 0 bridgehead atoms. The number of hydrogen-bond donors (Lipinski definition) is 0. The second-order valence-corrected chi connectivity index (χ2v) is 29.1. The maximum atomic E-state index is 14.8. The maximum absolute atomic E-state index is 14.8. The van der Waals surface area contributed by atoms with Crippen LogP contribution in [0.2, 0.25) is 0 Å². The molecule has 0 unspecified atom stereocenters. The first-order valence-corrected chi connectivity index (χ1v) is 35.9.